The van der Waals surface area contributed by atoms with Crippen molar-refractivity contribution in [2.24, 2.45) is 0 Å². The van der Waals surface area contributed by atoms with E-state index in [9.17, 15) is 4.55 Å². The van der Waals surface area contributed by atoms with Crippen molar-refractivity contribution in [1.82, 2.24) is 9.29 Å². The first-order chi connectivity index (χ1) is 16.6. The summed E-state index contributed by atoms with van der Waals surface area (Å²) in [7, 11) is 5.26. The Morgan fingerprint density at radius 3 is 1.80 bits per heavy atom. The smallest absolute Gasteiger partial charge is 0.137 e. The maximum absolute atomic E-state index is 13.1. The highest BCUT2D eigenvalue weighted by Crippen LogP contribution is 2.33. The summed E-state index contributed by atoms with van der Waals surface area (Å²) in [4.78, 5) is 7.08. The minimum atomic E-state index is -1.16. The van der Waals surface area contributed by atoms with Crippen LogP contribution in [-0.2, 0) is 24.5 Å². The standard InChI is InChI=1S/C28H37N3O3S/c1-21(30(5)35(32)28(2,3)4)26-9-8-18-29-27(26)31(19-22-10-14-24(33-6)15-11-22)20-23-12-16-25(34-7)17-13-23/h8-18,21H,19-20H2,1-7H3/t21-,35?/m1/s1. The number of hydrogen-bond acceptors (Lipinski definition) is 6. The Bertz CT molecular complexity index is 1020. The molecule has 2 atom stereocenters. The Hall–Kier alpha value is -2.74. The molecule has 0 fully saturated rings. The van der Waals surface area contributed by atoms with Gasteiger partial charge in [-0.15, -0.1) is 4.31 Å². The second kappa shape index (κ2) is 11.8. The molecule has 0 spiro atoms. The van der Waals surface area contributed by atoms with Crippen LogP contribution in [0.2, 0.25) is 0 Å². The highest BCUT2D eigenvalue weighted by molar-refractivity contribution is 7.90. The minimum absolute atomic E-state index is 0.0898. The molecule has 0 saturated carbocycles. The second-order valence-corrected chi connectivity index (χ2v) is 11.9. The van der Waals surface area contributed by atoms with Gasteiger partial charge in [-0.1, -0.05) is 30.3 Å². The number of methoxy groups -OCH3 is 2. The van der Waals surface area contributed by atoms with E-state index in [1.165, 1.54) is 0 Å². The number of benzene rings is 2. The van der Waals surface area contributed by atoms with E-state index in [1.54, 1.807) is 14.2 Å². The number of pyridine rings is 1. The summed E-state index contributed by atoms with van der Waals surface area (Å²) in [5.41, 5.74) is 3.33. The van der Waals surface area contributed by atoms with Crippen LogP contribution in [0.4, 0.5) is 5.82 Å². The van der Waals surface area contributed by atoms with E-state index in [4.69, 9.17) is 14.5 Å². The predicted octanol–water partition coefficient (Wildman–Crippen LogP) is 5.76. The zero-order chi connectivity index (χ0) is 25.6. The molecule has 0 aliphatic heterocycles. The highest BCUT2D eigenvalue weighted by atomic mass is 32.2. The summed E-state index contributed by atoms with van der Waals surface area (Å²) in [6.45, 7) is 9.41. The van der Waals surface area contributed by atoms with Crippen molar-refractivity contribution >= 4 is 17.2 Å². The monoisotopic (exact) mass is 495 g/mol. The van der Waals surface area contributed by atoms with Crippen molar-refractivity contribution in [3.8, 4) is 11.5 Å². The van der Waals surface area contributed by atoms with Crippen molar-refractivity contribution in [1.29, 1.82) is 0 Å². The van der Waals surface area contributed by atoms with E-state index in [2.05, 4.69) is 42.2 Å². The van der Waals surface area contributed by atoms with Crippen LogP contribution in [0.15, 0.2) is 66.9 Å². The maximum Gasteiger partial charge on any atom is 0.137 e. The molecule has 7 heteroatoms. The Balaban J connectivity index is 1.98. The molecule has 0 bridgehead atoms. The molecule has 1 heterocycles. The number of rotatable bonds is 10. The first kappa shape index (κ1) is 26.9. The molecule has 188 valence electrons. The average molecular weight is 496 g/mol. The molecule has 35 heavy (non-hydrogen) atoms. The normalized spacial score (nSPS) is 13.4. The molecule has 0 N–H and O–H groups in total. The fraction of sp³-hybridized carbons (Fsp3) is 0.393. The molecule has 2 aromatic carbocycles. The Morgan fingerprint density at radius 1 is 0.886 bits per heavy atom. The van der Waals surface area contributed by atoms with Crippen molar-refractivity contribution in [2.45, 2.75) is 51.6 Å². The van der Waals surface area contributed by atoms with Gasteiger partial charge in [0.05, 0.1) is 20.3 Å². The van der Waals surface area contributed by atoms with Crippen LogP contribution in [0.1, 0.15) is 50.4 Å². The molecule has 0 amide bonds. The predicted molar refractivity (Wildman–Crippen MR) is 144 cm³/mol. The van der Waals surface area contributed by atoms with Gasteiger partial charge in [0, 0.05) is 43.3 Å². The molecule has 0 aliphatic carbocycles. The summed E-state index contributed by atoms with van der Waals surface area (Å²) in [6.07, 6.45) is 1.82. The minimum Gasteiger partial charge on any atom is -0.597 e. The zero-order valence-corrected chi connectivity index (χ0v) is 22.6. The molecule has 1 unspecified atom stereocenters. The SMILES string of the molecule is COc1ccc(CN(Cc2ccc(OC)cc2)c2ncccc2[C@@H](C)N(C)[S+]([O-])C(C)(C)C)cc1. The maximum atomic E-state index is 13.1. The molecule has 0 saturated heterocycles. The van der Waals surface area contributed by atoms with Crippen molar-refractivity contribution in [3.05, 3.63) is 83.6 Å². The van der Waals surface area contributed by atoms with Gasteiger partial charge in [0.15, 0.2) is 0 Å². The summed E-state index contributed by atoms with van der Waals surface area (Å²) in [5, 5.41) is 0. The van der Waals surface area contributed by atoms with Crippen LogP contribution in [-0.4, -0.2) is 39.9 Å². The number of hydrogen-bond donors (Lipinski definition) is 0. The number of aromatic nitrogens is 1. The topological polar surface area (TPSA) is 60.9 Å². The first-order valence-electron chi connectivity index (χ1n) is 11.7. The lowest BCUT2D eigenvalue weighted by molar-refractivity contribution is 0.382. The molecular formula is C28H37N3O3S. The lowest BCUT2D eigenvalue weighted by atomic mass is 10.1. The summed E-state index contributed by atoms with van der Waals surface area (Å²) in [5.74, 6) is 2.53. The van der Waals surface area contributed by atoms with Crippen molar-refractivity contribution < 1.29 is 14.0 Å². The van der Waals surface area contributed by atoms with Crippen molar-refractivity contribution in [2.75, 3.05) is 26.2 Å². The largest absolute Gasteiger partial charge is 0.597 e. The summed E-state index contributed by atoms with van der Waals surface area (Å²) < 4.78 is 25.4. The molecule has 3 rings (SSSR count). The van der Waals surface area contributed by atoms with Gasteiger partial charge in [-0.05, 0) is 69.2 Å². The van der Waals surface area contributed by atoms with Gasteiger partial charge in [0.1, 0.15) is 22.1 Å². The van der Waals surface area contributed by atoms with Gasteiger partial charge < -0.3 is 18.9 Å². The third kappa shape index (κ3) is 6.90. The van der Waals surface area contributed by atoms with Crippen molar-refractivity contribution in [3.63, 3.8) is 0 Å². The second-order valence-electron chi connectivity index (χ2n) is 9.55. The number of ether oxygens (including phenoxy) is 2. The van der Waals surface area contributed by atoms with E-state index in [1.807, 2.05) is 68.7 Å². The first-order valence-corrected chi connectivity index (χ1v) is 12.8. The fourth-order valence-corrected chi connectivity index (χ4v) is 5.14. The lowest BCUT2D eigenvalue weighted by Gasteiger charge is -2.35. The van der Waals surface area contributed by atoms with E-state index in [-0.39, 0.29) is 10.8 Å². The lowest BCUT2D eigenvalue weighted by Crippen LogP contribution is -2.42. The fourth-order valence-electron chi connectivity index (χ4n) is 3.88. The molecular weight excluding hydrogens is 458 g/mol. The van der Waals surface area contributed by atoms with Crippen LogP contribution in [0, 0.1) is 0 Å². The van der Waals surface area contributed by atoms with E-state index < -0.39 is 11.4 Å². The average Bonchev–Trinajstić information content (AvgIpc) is 2.87. The van der Waals surface area contributed by atoms with Gasteiger partial charge in [-0.3, -0.25) is 0 Å². The van der Waals surface area contributed by atoms with Gasteiger partial charge >= 0.3 is 0 Å². The Morgan fingerprint density at radius 2 is 1.37 bits per heavy atom. The number of anilines is 1. The highest BCUT2D eigenvalue weighted by Gasteiger charge is 2.35. The number of nitrogens with zero attached hydrogens (tertiary/aromatic N) is 3. The zero-order valence-electron chi connectivity index (χ0n) is 21.8. The van der Waals surface area contributed by atoms with Gasteiger partial charge in [0.2, 0.25) is 0 Å². The van der Waals surface area contributed by atoms with Crippen LogP contribution in [0.25, 0.3) is 0 Å². The van der Waals surface area contributed by atoms with Crippen LogP contribution in [0.3, 0.4) is 0 Å². The summed E-state index contributed by atoms with van der Waals surface area (Å²) >= 11 is -1.16. The van der Waals surface area contributed by atoms with E-state index in [0.29, 0.717) is 13.1 Å². The van der Waals surface area contributed by atoms with Gasteiger partial charge in [0.25, 0.3) is 0 Å². The van der Waals surface area contributed by atoms with Crippen LogP contribution in [0.5, 0.6) is 11.5 Å². The Labute approximate surface area is 213 Å². The van der Waals surface area contributed by atoms with Crippen LogP contribution < -0.4 is 14.4 Å². The Kier molecular flexibility index (Phi) is 9.05. The molecule has 0 aliphatic rings. The summed E-state index contributed by atoms with van der Waals surface area (Å²) in [6, 6.07) is 20.1. The molecule has 6 nitrogen and oxygen atoms in total. The van der Waals surface area contributed by atoms with E-state index >= 15 is 0 Å². The quantitative estimate of drug-likeness (QED) is 0.333. The molecule has 3 aromatic rings. The van der Waals surface area contributed by atoms with Gasteiger partial charge in [-0.2, -0.15) is 0 Å². The van der Waals surface area contributed by atoms with E-state index in [0.717, 1.165) is 34.0 Å². The molecule has 1 aromatic heterocycles. The van der Waals surface area contributed by atoms with Crippen LogP contribution >= 0.6 is 0 Å². The third-order valence-electron chi connectivity index (χ3n) is 5.96. The third-order valence-corrected chi connectivity index (χ3v) is 7.85. The van der Waals surface area contributed by atoms with Gasteiger partial charge in [-0.25, -0.2) is 4.98 Å². The molecule has 0 radical (unpaired) electrons.